The van der Waals surface area contributed by atoms with Crippen LogP contribution in [0.25, 0.3) is 0 Å². The van der Waals surface area contributed by atoms with Gasteiger partial charge in [0.25, 0.3) is 5.91 Å². The Bertz CT molecular complexity index is 995. The number of methoxy groups -OCH3 is 1. The van der Waals surface area contributed by atoms with Crippen molar-refractivity contribution in [1.82, 2.24) is 4.90 Å². The van der Waals surface area contributed by atoms with E-state index < -0.39 is 49.7 Å². The average Bonchev–Trinajstić information content (AvgIpc) is 2.61. The predicted octanol–water partition coefficient (Wildman–Crippen LogP) is 2.17. The number of ether oxygens (including phenoxy) is 1. The molecule has 146 valence electrons. The number of primary sulfonamides is 1. The average molecular weight is 406 g/mol. The van der Waals surface area contributed by atoms with Crippen molar-refractivity contribution in [3.63, 3.8) is 0 Å². The van der Waals surface area contributed by atoms with Gasteiger partial charge in [0.2, 0.25) is 10.0 Å². The van der Waals surface area contributed by atoms with E-state index in [9.17, 15) is 30.8 Å². The lowest BCUT2D eigenvalue weighted by molar-refractivity contribution is 0.0773. The van der Waals surface area contributed by atoms with Crippen molar-refractivity contribution in [2.45, 2.75) is 11.4 Å². The number of nitrogens with two attached hydrogens (primary N) is 1. The molecule has 0 unspecified atom stereocenters. The molecule has 6 nitrogen and oxygen atoms in total. The summed E-state index contributed by atoms with van der Waals surface area (Å²) in [5, 5.41) is 4.76. The minimum atomic E-state index is -5.07. The Morgan fingerprint density at radius 2 is 1.56 bits per heavy atom. The summed E-state index contributed by atoms with van der Waals surface area (Å²) in [6, 6.07) is 6.26. The molecule has 0 aliphatic carbocycles. The molecule has 0 spiro atoms. The number of rotatable bonds is 5. The van der Waals surface area contributed by atoms with Gasteiger partial charge in [-0.2, -0.15) is 0 Å². The van der Waals surface area contributed by atoms with Gasteiger partial charge in [-0.05, 0) is 17.7 Å². The molecule has 0 saturated carbocycles. The van der Waals surface area contributed by atoms with Crippen LogP contribution in [0.2, 0.25) is 0 Å². The van der Waals surface area contributed by atoms with E-state index in [1.165, 1.54) is 7.11 Å². The second kappa shape index (κ2) is 7.53. The van der Waals surface area contributed by atoms with Crippen LogP contribution in [0.5, 0.6) is 5.75 Å². The van der Waals surface area contributed by atoms with Gasteiger partial charge in [-0.3, -0.25) is 4.79 Å². The molecular weight excluding hydrogens is 392 g/mol. The topological polar surface area (TPSA) is 89.7 Å². The lowest BCUT2D eigenvalue weighted by Crippen LogP contribution is -2.31. The predicted molar refractivity (Wildman–Crippen MR) is 86.4 cm³/mol. The van der Waals surface area contributed by atoms with Crippen LogP contribution in [0.4, 0.5) is 17.6 Å². The zero-order chi connectivity index (χ0) is 20.5. The van der Waals surface area contributed by atoms with Gasteiger partial charge in [0.15, 0.2) is 23.3 Å². The first-order valence-corrected chi connectivity index (χ1v) is 8.80. The van der Waals surface area contributed by atoms with Crippen molar-refractivity contribution >= 4 is 15.9 Å². The summed E-state index contributed by atoms with van der Waals surface area (Å²) in [6.45, 7) is -0.174. The summed E-state index contributed by atoms with van der Waals surface area (Å²) in [7, 11) is -2.49. The smallest absolute Gasteiger partial charge is 0.258 e. The molecule has 2 N–H and O–H groups in total. The van der Waals surface area contributed by atoms with Crippen LogP contribution in [0.15, 0.2) is 29.2 Å². The normalized spacial score (nSPS) is 11.4. The fourth-order valence-corrected chi connectivity index (χ4v) is 3.14. The van der Waals surface area contributed by atoms with Crippen LogP contribution in [-0.4, -0.2) is 33.4 Å². The van der Waals surface area contributed by atoms with E-state index in [0.29, 0.717) is 11.3 Å². The molecule has 0 aliphatic rings. The van der Waals surface area contributed by atoms with Crippen molar-refractivity contribution in [2.75, 3.05) is 14.2 Å². The highest BCUT2D eigenvalue weighted by Crippen LogP contribution is 2.28. The number of amides is 1. The third-order valence-corrected chi connectivity index (χ3v) is 4.60. The zero-order valence-corrected chi connectivity index (χ0v) is 14.9. The molecule has 0 fully saturated rings. The van der Waals surface area contributed by atoms with Gasteiger partial charge >= 0.3 is 0 Å². The zero-order valence-electron chi connectivity index (χ0n) is 14.1. The second-order valence-electron chi connectivity index (χ2n) is 5.51. The Morgan fingerprint density at radius 3 is 2.04 bits per heavy atom. The molecule has 0 aliphatic heterocycles. The van der Waals surface area contributed by atoms with Crippen LogP contribution >= 0.6 is 0 Å². The Balaban J connectivity index is 2.51. The van der Waals surface area contributed by atoms with E-state index in [1.54, 1.807) is 24.3 Å². The van der Waals surface area contributed by atoms with E-state index in [2.05, 4.69) is 0 Å². The number of hydrogen-bond donors (Lipinski definition) is 1. The molecule has 0 radical (unpaired) electrons. The molecule has 11 heteroatoms. The van der Waals surface area contributed by atoms with Gasteiger partial charge in [0.1, 0.15) is 16.2 Å². The number of benzene rings is 2. The lowest BCUT2D eigenvalue weighted by atomic mass is 10.1. The van der Waals surface area contributed by atoms with E-state index in [1.807, 2.05) is 0 Å². The lowest BCUT2D eigenvalue weighted by Gasteiger charge is -2.20. The van der Waals surface area contributed by atoms with Gasteiger partial charge in [0, 0.05) is 13.6 Å². The molecule has 0 atom stereocenters. The maximum Gasteiger partial charge on any atom is 0.258 e. The third kappa shape index (κ3) is 4.03. The first-order valence-electron chi connectivity index (χ1n) is 7.26. The molecule has 2 rings (SSSR count). The Labute approximate surface area is 152 Å². The van der Waals surface area contributed by atoms with Gasteiger partial charge in [-0.1, -0.05) is 12.1 Å². The Hall–Kier alpha value is -2.66. The number of hydrogen-bond acceptors (Lipinski definition) is 4. The number of nitrogens with zero attached hydrogens (tertiary/aromatic N) is 1. The highest BCUT2D eigenvalue weighted by Gasteiger charge is 2.35. The van der Waals surface area contributed by atoms with Crippen molar-refractivity contribution in [1.29, 1.82) is 0 Å². The second-order valence-corrected chi connectivity index (χ2v) is 7.01. The van der Waals surface area contributed by atoms with Crippen molar-refractivity contribution < 1.29 is 35.5 Å². The first kappa shape index (κ1) is 20.6. The summed E-state index contributed by atoms with van der Waals surface area (Å²) >= 11 is 0. The molecule has 2 aromatic carbocycles. The minimum absolute atomic E-state index is 0.174. The van der Waals surface area contributed by atoms with E-state index >= 15 is 0 Å². The van der Waals surface area contributed by atoms with Gasteiger partial charge in [-0.25, -0.2) is 31.1 Å². The fraction of sp³-hybridized carbons (Fsp3) is 0.188. The third-order valence-electron chi connectivity index (χ3n) is 3.65. The summed E-state index contributed by atoms with van der Waals surface area (Å²) in [5.41, 5.74) is -0.989. The van der Waals surface area contributed by atoms with Gasteiger partial charge in [0.05, 0.1) is 7.11 Å². The van der Waals surface area contributed by atoms with Crippen molar-refractivity contribution in [3.05, 3.63) is 58.7 Å². The van der Waals surface area contributed by atoms with Crippen molar-refractivity contribution in [2.24, 2.45) is 5.14 Å². The standard InChI is InChI=1S/C16H14F4N2O4S/c1-22(7-8-3-5-9(26-2)6-4-8)16(23)10-11(17)12(18)13(19)14(20)15(10)27(21,24)25/h3-6H,7H2,1-2H3,(H2,21,24,25). The maximum atomic E-state index is 14.1. The van der Waals surface area contributed by atoms with Crippen LogP contribution in [0.3, 0.4) is 0 Å². The molecule has 27 heavy (non-hydrogen) atoms. The van der Waals surface area contributed by atoms with Crippen LogP contribution in [0.1, 0.15) is 15.9 Å². The summed E-state index contributed by atoms with van der Waals surface area (Å²) in [6.07, 6.45) is 0. The Morgan fingerprint density at radius 1 is 1.04 bits per heavy atom. The van der Waals surface area contributed by atoms with E-state index in [-0.39, 0.29) is 6.54 Å². The molecule has 0 saturated heterocycles. The molecule has 0 heterocycles. The molecule has 1 amide bonds. The number of sulfonamides is 1. The Kier molecular flexibility index (Phi) is 5.76. The quantitative estimate of drug-likeness (QED) is 0.468. The molecule has 0 bridgehead atoms. The first-order chi connectivity index (χ1) is 12.5. The minimum Gasteiger partial charge on any atom is -0.497 e. The fourth-order valence-electron chi connectivity index (χ4n) is 2.34. The number of carbonyl (C=O) groups excluding carboxylic acids is 1. The van der Waals surface area contributed by atoms with Crippen molar-refractivity contribution in [3.8, 4) is 5.75 Å². The summed E-state index contributed by atoms with van der Waals surface area (Å²) in [4.78, 5) is 11.5. The van der Waals surface area contributed by atoms with Gasteiger partial charge in [-0.15, -0.1) is 0 Å². The van der Waals surface area contributed by atoms with E-state index in [0.717, 1.165) is 11.9 Å². The summed E-state index contributed by atoms with van der Waals surface area (Å²) in [5.74, 6) is -9.99. The SMILES string of the molecule is COc1ccc(CN(C)C(=O)c2c(F)c(F)c(F)c(F)c2S(N)(=O)=O)cc1. The number of halogens is 4. The maximum absolute atomic E-state index is 14.1. The number of carbonyl (C=O) groups is 1. The van der Waals surface area contributed by atoms with Crippen LogP contribution in [0, 0.1) is 23.3 Å². The monoisotopic (exact) mass is 406 g/mol. The van der Waals surface area contributed by atoms with E-state index in [4.69, 9.17) is 9.88 Å². The molecular formula is C16H14F4N2O4S. The van der Waals surface area contributed by atoms with Crippen LogP contribution in [-0.2, 0) is 16.6 Å². The molecule has 2 aromatic rings. The highest BCUT2D eigenvalue weighted by atomic mass is 32.2. The van der Waals surface area contributed by atoms with Gasteiger partial charge < -0.3 is 9.64 Å². The largest absolute Gasteiger partial charge is 0.497 e. The highest BCUT2D eigenvalue weighted by molar-refractivity contribution is 7.89. The summed E-state index contributed by atoms with van der Waals surface area (Å²) < 4.78 is 83.0. The molecule has 0 aromatic heterocycles. The van der Waals surface area contributed by atoms with Crippen LogP contribution < -0.4 is 9.88 Å².